The van der Waals surface area contributed by atoms with Crippen LogP contribution in [0.5, 0.6) is 0 Å². The first-order valence-electron chi connectivity index (χ1n) is 6.21. The van der Waals surface area contributed by atoms with Crippen LogP contribution in [-0.2, 0) is 6.42 Å². The maximum absolute atomic E-state index is 11.3. The quantitative estimate of drug-likeness (QED) is 0.675. The molecule has 0 aliphatic rings. The zero-order valence-corrected chi connectivity index (χ0v) is 12.0. The smallest absolute Gasteiger partial charge is 0.299 e. The predicted octanol–water partition coefficient (Wildman–Crippen LogP) is 2.99. The molecule has 2 aromatic rings. The Morgan fingerprint density at radius 3 is 2.79 bits per heavy atom. The van der Waals surface area contributed by atoms with Crippen molar-refractivity contribution in [2.75, 3.05) is 7.05 Å². The van der Waals surface area contributed by atoms with Crippen molar-refractivity contribution in [2.45, 2.75) is 26.3 Å². The van der Waals surface area contributed by atoms with Crippen LogP contribution in [0.25, 0.3) is 10.2 Å². The third-order valence-electron chi connectivity index (χ3n) is 3.36. The molecule has 1 heterocycles. The van der Waals surface area contributed by atoms with Crippen LogP contribution in [0, 0.1) is 16.0 Å². The van der Waals surface area contributed by atoms with Gasteiger partial charge in [0.2, 0.25) is 0 Å². The molecule has 102 valence electrons. The van der Waals surface area contributed by atoms with Gasteiger partial charge in [-0.2, -0.15) is 0 Å². The largest absolute Gasteiger partial charge is 0.316 e. The molecule has 0 radical (unpaired) electrons. The van der Waals surface area contributed by atoms with E-state index in [1.165, 1.54) is 11.3 Å². The van der Waals surface area contributed by atoms with Gasteiger partial charge in [0.15, 0.2) is 5.52 Å². The normalized spacial score (nSPS) is 13.1. The standard InChI is InChI=1S/C13H17N3O2S/c1-8(2)10(14-3)6-9-4-5-11-12(15-7-19-11)13(9)16(17)18/h4-5,7-8,10,14H,6H2,1-3H3. The molecule has 5 nitrogen and oxygen atoms in total. The van der Waals surface area contributed by atoms with Crippen molar-refractivity contribution >= 4 is 27.2 Å². The second kappa shape index (κ2) is 5.63. The number of aromatic nitrogens is 1. The highest BCUT2D eigenvalue weighted by Gasteiger charge is 2.23. The Labute approximate surface area is 115 Å². The van der Waals surface area contributed by atoms with Crippen molar-refractivity contribution in [2.24, 2.45) is 5.92 Å². The monoisotopic (exact) mass is 279 g/mol. The van der Waals surface area contributed by atoms with E-state index >= 15 is 0 Å². The Morgan fingerprint density at radius 2 is 2.21 bits per heavy atom. The van der Waals surface area contributed by atoms with E-state index in [0.717, 1.165) is 10.3 Å². The van der Waals surface area contributed by atoms with Crippen molar-refractivity contribution in [3.8, 4) is 0 Å². The molecule has 0 aliphatic carbocycles. The number of hydrogen-bond donors (Lipinski definition) is 1. The first-order chi connectivity index (χ1) is 9.04. The summed E-state index contributed by atoms with van der Waals surface area (Å²) >= 11 is 1.43. The van der Waals surface area contributed by atoms with Gasteiger partial charge in [0.05, 0.1) is 15.1 Å². The van der Waals surface area contributed by atoms with E-state index in [4.69, 9.17) is 0 Å². The molecule has 0 saturated heterocycles. The fourth-order valence-electron chi connectivity index (χ4n) is 2.24. The van der Waals surface area contributed by atoms with Gasteiger partial charge in [-0.3, -0.25) is 10.1 Å². The van der Waals surface area contributed by atoms with Crippen molar-refractivity contribution < 1.29 is 4.92 Å². The van der Waals surface area contributed by atoms with Crippen LogP contribution in [0.2, 0.25) is 0 Å². The molecule has 2 rings (SSSR count). The summed E-state index contributed by atoms with van der Waals surface area (Å²) in [6.07, 6.45) is 0.637. The van der Waals surface area contributed by atoms with Crippen LogP contribution < -0.4 is 5.32 Å². The molecule has 0 saturated carbocycles. The molecule has 19 heavy (non-hydrogen) atoms. The van der Waals surface area contributed by atoms with E-state index in [1.54, 1.807) is 5.51 Å². The minimum absolute atomic E-state index is 0.152. The van der Waals surface area contributed by atoms with Crippen LogP contribution in [0.3, 0.4) is 0 Å². The molecule has 0 bridgehead atoms. The predicted molar refractivity (Wildman–Crippen MR) is 77.7 cm³/mol. The van der Waals surface area contributed by atoms with Crippen LogP contribution >= 0.6 is 11.3 Å². The van der Waals surface area contributed by atoms with Gasteiger partial charge >= 0.3 is 0 Å². The molecule has 1 aromatic carbocycles. The van der Waals surface area contributed by atoms with Gasteiger partial charge in [0.1, 0.15) is 0 Å². The average molecular weight is 279 g/mol. The topological polar surface area (TPSA) is 68.1 Å². The molecule has 0 fully saturated rings. The van der Waals surface area contributed by atoms with Gasteiger partial charge in [-0.15, -0.1) is 11.3 Å². The summed E-state index contributed by atoms with van der Waals surface area (Å²) in [5.41, 5.74) is 3.06. The summed E-state index contributed by atoms with van der Waals surface area (Å²) in [7, 11) is 1.89. The Bertz CT molecular complexity index is 595. The maximum atomic E-state index is 11.3. The Kier molecular flexibility index (Phi) is 4.11. The number of nitro benzene ring substituents is 1. The van der Waals surface area contributed by atoms with Gasteiger partial charge in [0.25, 0.3) is 5.69 Å². The number of thiazole rings is 1. The molecule has 1 unspecified atom stereocenters. The summed E-state index contributed by atoms with van der Waals surface area (Å²) < 4.78 is 0.862. The molecule has 0 spiro atoms. The van der Waals surface area contributed by atoms with Gasteiger partial charge in [0, 0.05) is 11.6 Å². The van der Waals surface area contributed by atoms with Crippen molar-refractivity contribution in [3.63, 3.8) is 0 Å². The number of rotatable bonds is 5. The van der Waals surface area contributed by atoms with E-state index in [2.05, 4.69) is 24.1 Å². The highest BCUT2D eigenvalue weighted by atomic mass is 32.1. The lowest BCUT2D eigenvalue weighted by Crippen LogP contribution is -2.32. The Morgan fingerprint density at radius 1 is 1.47 bits per heavy atom. The average Bonchev–Trinajstić information content (AvgIpc) is 2.82. The molecular weight excluding hydrogens is 262 g/mol. The first kappa shape index (κ1) is 13.9. The molecule has 0 amide bonds. The minimum Gasteiger partial charge on any atom is -0.316 e. The van der Waals surface area contributed by atoms with Crippen molar-refractivity contribution in [3.05, 3.63) is 33.3 Å². The van der Waals surface area contributed by atoms with Crippen LogP contribution in [0.1, 0.15) is 19.4 Å². The first-order valence-corrected chi connectivity index (χ1v) is 7.09. The van der Waals surface area contributed by atoms with Crippen LogP contribution in [0.4, 0.5) is 5.69 Å². The number of nitrogens with one attached hydrogen (secondary N) is 1. The fraction of sp³-hybridized carbons (Fsp3) is 0.462. The lowest BCUT2D eigenvalue weighted by molar-refractivity contribution is -0.383. The zero-order valence-electron chi connectivity index (χ0n) is 11.2. The molecule has 1 N–H and O–H groups in total. The minimum atomic E-state index is -0.315. The number of likely N-dealkylation sites (N-methyl/N-ethyl adjacent to an activating group) is 1. The molecule has 1 atom stereocenters. The lowest BCUT2D eigenvalue weighted by atomic mass is 9.95. The van der Waals surface area contributed by atoms with Gasteiger partial charge in [-0.25, -0.2) is 4.98 Å². The van der Waals surface area contributed by atoms with Crippen LogP contribution in [-0.4, -0.2) is 23.0 Å². The van der Waals surface area contributed by atoms with E-state index in [9.17, 15) is 10.1 Å². The molecule has 1 aromatic heterocycles. The van der Waals surface area contributed by atoms with Crippen molar-refractivity contribution in [1.82, 2.24) is 10.3 Å². The Hall–Kier alpha value is -1.53. The number of benzene rings is 1. The van der Waals surface area contributed by atoms with Gasteiger partial charge < -0.3 is 5.32 Å². The zero-order chi connectivity index (χ0) is 14.0. The molecule has 0 aliphatic heterocycles. The van der Waals surface area contributed by atoms with Gasteiger partial charge in [-0.05, 0) is 25.5 Å². The summed E-state index contributed by atoms with van der Waals surface area (Å²) in [4.78, 5) is 15.1. The fourth-order valence-corrected chi connectivity index (χ4v) is 2.91. The van der Waals surface area contributed by atoms with E-state index in [1.807, 2.05) is 19.2 Å². The second-order valence-corrected chi connectivity index (χ2v) is 5.76. The van der Waals surface area contributed by atoms with Gasteiger partial charge in [-0.1, -0.05) is 19.9 Å². The van der Waals surface area contributed by atoms with Crippen molar-refractivity contribution in [1.29, 1.82) is 0 Å². The number of fused-ring (bicyclic) bond motifs is 1. The lowest BCUT2D eigenvalue weighted by Gasteiger charge is -2.20. The Balaban J connectivity index is 2.47. The maximum Gasteiger partial charge on any atom is 0.299 e. The third kappa shape index (κ3) is 2.74. The number of nitrogens with zero attached hydrogens (tertiary/aromatic N) is 2. The summed E-state index contributed by atoms with van der Waals surface area (Å²) in [6.45, 7) is 4.21. The number of nitro groups is 1. The van der Waals surface area contributed by atoms with E-state index < -0.39 is 0 Å². The van der Waals surface area contributed by atoms with Crippen LogP contribution in [0.15, 0.2) is 17.6 Å². The summed E-state index contributed by atoms with van der Waals surface area (Å²) in [5, 5.41) is 14.5. The molecular formula is C13H17N3O2S. The highest BCUT2D eigenvalue weighted by Crippen LogP contribution is 2.32. The number of hydrogen-bond acceptors (Lipinski definition) is 5. The molecule has 6 heteroatoms. The summed E-state index contributed by atoms with van der Waals surface area (Å²) in [6, 6.07) is 3.99. The second-order valence-electron chi connectivity index (χ2n) is 4.87. The highest BCUT2D eigenvalue weighted by molar-refractivity contribution is 7.16. The SMILES string of the molecule is CNC(Cc1ccc2scnc2c1[N+](=O)[O-])C(C)C. The van der Waals surface area contributed by atoms with E-state index in [0.29, 0.717) is 17.9 Å². The van der Waals surface area contributed by atoms with E-state index in [-0.39, 0.29) is 16.7 Å². The summed E-state index contributed by atoms with van der Waals surface area (Å²) in [5.74, 6) is 0.413. The third-order valence-corrected chi connectivity index (χ3v) is 4.15.